The number of rotatable bonds is 9. The van der Waals surface area contributed by atoms with Crippen molar-refractivity contribution in [1.29, 1.82) is 0 Å². The molecule has 0 unspecified atom stereocenters. The zero-order chi connectivity index (χ0) is 25.1. The average molecular weight is 473 g/mol. The summed E-state index contributed by atoms with van der Waals surface area (Å²) in [4.78, 5) is 28.7. The van der Waals surface area contributed by atoms with E-state index in [1.807, 2.05) is 44.3 Å². The number of carbonyl (C=O) groups is 2. The largest absolute Gasteiger partial charge is 0.480 e. The second kappa shape index (κ2) is 10.3. The first kappa shape index (κ1) is 24.4. The van der Waals surface area contributed by atoms with Crippen LogP contribution in [0.25, 0.3) is 11.1 Å². The van der Waals surface area contributed by atoms with E-state index in [4.69, 9.17) is 5.11 Å². The van der Waals surface area contributed by atoms with Crippen molar-refractivity contribution in [1.82, 2.24) is 10.3 Å². The Balaban J connectivity index is 1.57. The van der Waals surface area contributed by atoms with Crippen LogP contribution in [0.15, 0.2) is 48.7 Å². The Morgan fingerprint density at radius 2 is 1.69 bits per heavy atom. The molecule has 0 bridgehead atoms. The van der Waals surface area contributed by atoms with Gasteiger partial charge in [0.1, 0.15) is 11.7 Å². The van der Waals surface area contributed by atoms with Crippen molar-refractivity contribution in [2.45, 2.75) is 52.1 Å². The summed E-state index contributed by atoms with van der Waals surface area (Å²) in [5.74, 6) is -0.757. The number of carboxylic acids is 1. The van der Waals surface area contributed by atoms with Gasteiger partial charge >= 0.3 is 5.97 Å². The molecule has 0 spiro atoms. The highest BCUT2D eigenvalue weighted by Gasteiger charge is 2.28. The van der Waals surface area contributed by atoms with Gasteiger partial charge in [0.25, 0.3) is 5.91 Å². The Hall–Kier alpha value is -3.71. The van der Waals surface area contributed by atoms with Crippen molar-refractivity contribution in [2.24, 2.45) is 0 Å². The van der Waals surface area contributed by atoms with Crippen LogP contribution in [0.2, 0.25) is 0 Å². The highest BCUT2D eigenvalue weighted by Crippen LogP contribution is 2.42. The van der Waals surface area contributed by atoms with E-state index in [2.05, 4.69) is 40.0 Å². The number of carbonyl (C=O) groups excluding carboxylic acids is 1. The first-order valence-electron chi connectivity index (χ1n) is 11.9. The van der Waals surface area contributed by atoms with E-state index in [1.54, 1.807) is 13.1 Å². The highest BCUT2D eigenvalue weighted by atomic mass is 16.4. The minimum absolute atomic E-state index is 0.258. The van der Waals surface area contributed by atoms with Crippen LogP contribution in [0, 0.1) is 13.8 Å². The van der Waals surface area contributed by atoms with Crippen molar-refractivity contribution in [2.75, 3.05) is 17.7 Å². The van der Waals surface area contributed by atoms with Gasteiger partial charge in [0.2, 0.25) is 0 Å². The van der Waals surface area contributed by atoms with Gasteiger partial charge in [0.05, 0.1) is 0 Å². The second-order valence-electron chi connectivity index (χ2n) is 9.14. The minimum Gasteiger partial charge on any atom is -0.480 e. The van der Waals surface area contributed by atoms with Crippen molar-refractivity contribution in [3.63, 3.8) is 0 Å². The number of aromatic nitrogens is 1. The van der Waals surface area contributed by atoms with Gasteiger partial charge in [0, 0.05) is 31.2 Å². The van der Waals surface area contributed by atoms with Crippen LogP contribution >= 0.6 is 0 Å². The number of aliphatic carboxylic acids is 1. The molecule has 3 aromatic rings. The second-order valence-corrected chi connectivity index (χ2v) is 9.14. The molecule has 1 aliphatic carbocycles. The van der Waals surface area contributed by atoms with Gasteiger partial charge in [-0.3, -0.25) is 14.6 Å². The van der Waals surface area contributed by atoms with E-state index in [9.17, 15) is 9.59 Å². The molecular formula is C28H32N4O3. The zero-order valence-corrected chi connectivity index (χ0v) is 20.6. The number of nitrogens with one attached hydrogen (secondary N) is 3. The summed E-state index contributed by atoms with van der Waals surface area (Å²) in [7, 11) is 1.91. The summed E-state index contributed by atoms with van der Waals surface area (Å²) in [5.41, 5.74) is 8.51. The molecule has 1 fully saturated rings. The molecule has 4 N–H and O–H groups in total. The van der Waals surface area contributed by atoms with Gasteiger partial charge in [-0.05, 0) is 91.1 Å². The van der Waals surface area contributed by atoms with Crippen LogP contribution < -0.4 is 16.0 Å². The number of benzene rings is 2. The van der Waals surface area contributed by atoms with Crippen molar-refractivity contribution >= 4 is 23.3 Å². The SMILES string of the molecule is CNc1cccc(-c2cccc(NC(=O)c3cc(C4CC4)c(CN[C@@H](C)C(=O)O)cn3)c2C)c1C. The minimum atomic E-state index is -0.896. The molecule has 35 heavy (non-hydrogen) atoms. The smallest absolute Gasteiger partial charge is 0.320 e. The third-order valence-electron chi connectivity index (χ3n) is 6.72. The molecule has 1 amide bonds. The Labute approximate surface area is 206 Å². The summed E-state index contributed by atoms with van der Waals surface area (Å²) in [6, 6.07) is 13.3. The summed E-state index contributed by atoms with van der Waals surface area (Å²) < 4.78 is 0. The Bertz CT molecular complexity index is 1270. The quantitative estimate of drug-likeness (QED) is 0.346. The van der Waals surface area contributed by atoms with Crippen molar-refractivity contribution < 1.29 is 14.7 Å². The molecule has 1 aromatic heterocycles. The first-order chi connectivity index (χ1) is 16.8. The molecule has 0 saturated heterocycles. The van der Waals surface area contributed by atoms with Gasteiger partial charge in [-0.25, -0.2) is 0 Å². The van der Waals surface area contributed by atoms with E-state index in [1.165, 1.54) is 0 Å². The standard InChI is InChI=1S/C28H32N4O3/c1-16-21(7-5-9-24(16)29-4)22-8-6-10-25(17(22)2)32-27(33)26-13-23(19-11-12-19)20(15-31-26)14-30-18(3)28(34)35/h5-10,13,15,18-19,29-30H,11-12,14H2,1-4H3,(H,32,33)(H,34,35)/t18-/m0/s1. The van der Waals surface area contributed by atoms with E-state index in [0.29, 0.717) is 18.2 Å². The average Bonchev–Trinajstić information content (AvgIpc) is 3.69. The Kier molecular flexibility index (Phi) is 7.17. The lowest BCUT2D eigenvalue weighted by Gasteiger charge is -2.17. The number of nitrogens with zero attached hydrogens (tertiary/aromatic N) is 1. The molecule has 1 saturated carbocycles. The maximum Gasteiger partial charge on any atom is 0.320 e. The summed E-state index contributed by atoms with van der Waals surface area (Å²) in [6.45, 7) is 6.11. The third-order valence-corrected chi connectivity index (χ3v) is 6.72. The number of hydrogen-bond acceptors (Lipinski definition) is 5. The number of hydrogen-bond donors (Lipinski definition) is 4. The van der Waals surface area contributed by atoms with Gasteiger partial charge < -0.3 is 21.1 Å². The van der Waals surface area contributed by atoms with E-state index in [-0.39, 0.29) is 5.91 Å². The lowest BCUT2D eigenvalue weighted by Crippen LogP contribution is -2.33. The fourth-order valence-corrected chi connectivity index (χ4v) is 4.34. The number of anilines is 2. The van der Waals surface area contributed by atoms with Crippen LogP contribution in [-0.4, -0.2) is 35.1 Å². The number of amides is 1. The lowest BCUT2D eigenvalue weighted by molar-refractivity contribution is -0.139. The molecule has 0 radical (unpaired) electrons. The molecule has 1 atom stereocenters. The van der Waals surface area contributed by atoms with Crippen LogP contribution in [0.5, 0.6) is 0 Å². The molecule has 7 heteroatoms. The summed E-state index contributed by atoms with van der Waals surface area (Å²) in [6.07, 6.45) is 3.83. The summed E-state index contributed by atoms with van der Waals surface area (Å²) >= 11 is 0. The molecule has 182 valence electrons. The first-order valence-corrected chi connectivity index (χ1v) is 11.9. The van der Waals surface area contributed by atoms with Gasteiger partial charge in [-0.15, -0.1) is 0 Å². The van der Waals surface area contributed by atoms with E-state index in [0.717, 1.165) is 57.6 Å². The van der Waals surface area contributed by atoms with Gasteiger partial charge in [0.15, 0.2) is 0 Å². The van der Waals surface area contributed by atoms with Crippen LogP contribution in [0.3, 0.4) is 0 Å². The maximum atomic E-state index is 13.2. The Morgan fingerprint density at radius 1 is 1.06 bits per heavy atom. The molecule has 2 aromatic carbocycles. The predicted octanol–water partition coefficient (Wildman–Crippen LogP) is 5.10. The zero-order valence-electron chi connectivity index (χ0n) is 20.6. The van der Waals surface area contributed by atoms with Crippen LogP contribution in [0.4, 0.5) is 11.4 Å². The highest BCUT2D eigenvalue weighted by molar-refractivity contribution is 6.04. The van der Waals surface area contributed by atoms with Crippen molar-refractivity contribution in [3.05, 3.63) is 76.6 Å². The van der Waals surface area contributed by atoms with Gasteiger partial charge in [-0.1, -0.05) is 24.3 Å². The maximum absolute atomic E-state index is 13.2. The van der Waals surface area contributed by atoms with E-state index >= 15 is 0 Å². The van der Waals surface area contributed by atoms with Crippen molar-refractivity contribution in [3.8, 4) is 11.1 Å². The van der Waals surface area contributed by atoms with Gasteiger partial charge in [-0.2, -0.15) is 0 Å². The van der Waals surface area contributed by atoms with E-state index < -0.39 is 12.0 Å². The number of carboxylic acid groups (broad SMARTS) is 1. The fourth-order valence-electron chi connectivity index (χ4n) is 4.34. The monoisotopic (exact) mass is 472 g/mol. The van der Waals surface area contributed by atoms with Crippen LogP contribution in [0.1, 0.15) is 58.4 Å². The number of pyridine rings is 1. The molecule has 0 aliphatic heterocycles. The molecule has 7 nitrogen and oxygen atoms in total. The normalized spacial score (nSPS) is 13.8. The Morgan fingerprint density at radius 3 is 2.29 bits per heavy atom. The third kappa shape index (κ3) is 5.35. The molecule has 1 aliphatic rings. The summed E-state index contributed by atoms with van der Waals surface area (Å²) in [5, 5.41) is 18.4. The molecular weight excluding hydrogens is 440 g/mol. The fraction of sp³-hybridized carbons (Fsp3) is 0.321. The molecule has 1 heterocycles. The molecule has 4 rings (SSSR count). The lowest BCUT2D eigenvalue weighted by atomic mass is 9.94. The van der Waals surface area contributed by atoms with Crippen LogP contribution in [-0.2, 0) is 11.3 Å². The topological polar surface area (TPSA) is 103 Å². The predicted molar refractivity (Wildman–Crippen MR) is 139 cm³/mol.